The smallest absolute Gasteiger partial charge is 0.272 e. The zero-order valence-corrected chi connectivity index (χ0v) is 8.77. The molecule has 0 aromatic carbocycles. The number of hydrogen-bond acceptors (Lipinski definition) is 3. The van der Waals surface area contributed by atoms with Gasteiger partial charge in [0.1, 0.15) is 11.5 Å². The van der Waals surface area contributed by atoms with Crippen molar-refractivity contribution in [3.63, 3.8) is 0 Å². The van der Waals surface area contributed by atoms with E-state index in [1.54, 1.807) is 4.90 Å². The van der Waals surface area contributed by atoms with Crippen molar-refractivity contribution in [2.75, 3.05) is 19.7 Å². The van der Waals surface area contributed by atoms with Crippen LogP contribution in [-0.4, -0.2) is 40.6 Å². The van der Waals surface area contributed by atoms with Gasteiger partial charge in [0, 0.05) is 25.6 Å². The lowest BCUT2D eigenvalue weighted by molar-refractivity contribution is 0.0776. The van der Waals surface area contributed by atoms with Gasteiger partial charge in [0.2, 0.25) is 0 Å². The molecule has 1 fully saturated rings. The first kappa shape index (κ1) is 11.0. The van der Waals surface area contributed by atoms with Gasteiger partial charge in [0.05, 0.1) is 6.20 Å². The van der Waals surface area contributed by atoms with Crippen LogP contribution in [-0.2, 0) is 0 Å². The molecule has 1 aromatic heterocycles. The van der Waals surface area contributed by atoms with Gasteiger partial charge in [-0.15, -0.1) is 0 Å². The standard InChI is InChI=1S/C11H13FN2O2/c12-9-1-2-10(13-5-9)11(16)14-4-3-8(6-14)7-15/h1-2,5,8,15H,3-4,6-7H2. The van der Waals surface area contributed by atoms with Gasteiger partial charge in [-0.1, -0.05) is 0 Å². The molecule has 1 amide bonds. The SMILES string of the molecule is O=C(c1ccc(F)cn1)N1CCC(CO)C1. The maximum Gasteiger partial charge on any atom is 0.272 e. The molecule has 1 unspecified atom stereocenters. The molecule has 0 bridgehead atoms. The van der Waals surface area contributed by atoms with Gasteiger partial charge in [-0.25, -0.2) is 9.37 Å². The lowest BCUT2D eigenvalue weighted by Crippen LogP contribution is -2.29. The maximum atomic E-state index is 12.6. The third-order valence-electron chi connectivity index (χ3n) is 2.78. The molecule has 0 aliphatic carbocycles. The molecule has 1 N–H and O–H groups in total. The monoisotopic (exact) mass is 224 g/mol. The summed E-state index contributed by atoms with van der Waals surface area (Å²) in [4.78, 5) is 17.3. The van der Waals surface area contributed by atoms with Crippen LogP contribution < -0.4 is 0 Å². The summed E-state index contributed by atoms with van der Waals surface area (Å²) >= 11 is 0. The third kappa shape index (κ3) is 2.19. The summed E-state index contributed by atoms with van der Waals surface area (Å²) in [6.07, 6.45) is 1.84. The fourth-order valence-corrected chi connectivity index (χ4v) is 1.83. The van der Waals surface area contributed by atoms with E-state index < -0.39 is 5.82 Å². The van der Waals surface area contributed by atoms with Crippen molar-refractivity contribution in [1.29, 1.82) is 0 Å². The Morgan fingerprint density at radius 1 is 1.62 bits per heavy atom. The van der Waals surface area contributed by atoms with Gasteiger partial charge in [0.15, 0.2) is 0 Å². The number of aliphatic hydroxyl groups excluding tert-OH is 1. The van der Waals surface area contributed by atoms with E-state index >= 15 is 0 Å². The third-order valence-corrected chi connectivity index (χ3v) is 2.78. The molecule has 1 aliphatic rings. The highest BCUT2D eigenvalue weighted by atomic mass is 19.1. The largest absolute Gasteiger partial charge is 0.396 e. The van der Waals surface area contributed by atoms with Crippen LogP contribution in [0.3, 0.4) is 0 Å². The number of likely N-dealkylation sites (tertiary alicyclic amines) is 1. The first-order valence-electron chi connectivity index (χ1n) is 5.22. The lowest BCUT2D eigenvalue weighted by Gasteiger charge is -2.15. The Morgan fingerprint density at radius 3 is 3.00 bits per heavy atom. The van der Waals surface area contributed by atoms with Crippen LogP contribution in [0.25, 0.3) is 0 Å². The summed E-state index contributed by atoms with van der Waals surface area (Å²) in [6.45, 7) is 1.28. The first-order chi connectivity index (χ1) is 7.70. The quantitative estimate of drug-likeness (QED) is 0.803. The molecule has 0 saturated carbocycles. The van der Waals surface area contributed by atoms with Crippen molar-refractivity contribution in [3.8, 4) is 0 Å². The van der Waals surface area contributed by atoms with Crippen LogP contribution in [0.4, 0.5) is 4.39 Å². The summed E-state index contributed by atoms with van der Waals surface area (Å²) in [6, 6.07) is 2.60. The molecular weight excluding hydrogens is 211 g/mol. The van der Waals surface area contributed by atoms with Crippen molar-refractivity contribution in [2.45, 2.75) is 6.42 Å². The maximum absolute atomic E-state index is 12.6. The van der Waals surface area contributed by atoms with Crippen molar-refractivity contribution in [3.05, 3.63) is 29.8 Å². The predicted molar refractivity (Wildman–Crippen MR) is 55.3 cm³/mol. The van der Waals surface area contributed by atoms with Gasteiger partial charge in [0.25, 0.3) is 5.91 Å². The number of aromatic nitrogens is 1. The minimum atomic E-state index is -0.453. The summed E-state index contributed by atoms with van der Waals surface area (Å²) < 4.78 is 12.6. The normalized spacial score (nSPS) is 20.1. The number of pyridine rings is 1. The molecule has 2 rings (SSSR count). The molecule has 16 heavy (non-hydrogen) atoms. The fraction of sp³-hybridized carbons (Fsp3) is 0.455. The van der Waals surface area contributed by atoms with E-state index in [0.29, 0.717) is 13.1 Å². The second-order valence-corrected chi connectivity index (χ2v) is 3.95. The average Bonchev–Trinajstić information content (AvgIpc) is 2.77. The number of aliphatic hydroxyl groups is 1. The van der Waals surface area contributed by atoms with Crippen LogP contribution >= 0.6 is 0 Å². The Kier molecular flexibility index (Phi) is 3.14. The van der Waals surface area contributed by atoms with Crippen LogP contribution in [0.1, 0.15) is 16.9 Å². The second kappa shape index (κ2) is 4.57. The van der Waals surface area contributed by atoms with E-state index in [2.05, 4.69) is 4.98 Å². The lowest BCUT2D eigenvalue weighted by atomic mass is 10.1. The van der Waals surface area contributed by atoms with E-state index in [1.807, 2.05) is 0 Å². The molecule has 0 radical (unpaired) electrons. The number of carbonyl (C=O) groups excluding carboxylic acids is 1. The number of nitrogens with zero attached hydrogens (tertiary/aromatic N) is 2. The van der Waals surface area contributed by atoms with E-state index in [-0.39, 0.29) is 24.1 Å². The Morgan fingerprint density at radius 2 is 2.44 bits per heavy atom. The summed E-state index contributed by atoms with van der Waals surface area (Å²) in [5.74, 6) is -0.494. The van der Waals surface area contributed by atoms with Gasteiger partial charge in [-0.3, -0.25) is 4.79 Å². The molecule has 0 spiro atoms. The zero-order chi connectivity index (χ0) is 11.5. The molecular formula is C11H13FN2O2. The molecule has 5 heteroatoms. The van der Waals surface area contributed by atoms with Gasteiger partial charge < -0.3 is 10.0 Å². The van der Waals surface area contributed by atoms with Crippen molar-refractivity contribution < 1.29 is 14.3 Å². The van der Waals surface area contributed by atoms with E-state index in [0.717, 1.165) is 12.6 Å². The molecule has 1 aliphatic heterocycles. The van der Waals surface area contributed by atoms with Crippen LogP contribution in [0.5, 0.6) is 0 Å². The molecule has 1 aromatic rings. The topological polar surface area (TPSA) is 53.4 Å². The number of rotatable bonds is 2. The van der Waals surface area contributed by atoms with Crippen molar-refractivity contribution in [1.82, 2.24) is 9.88 Å². The summed E-state index contributed by atoms with van der Waals surface area (Å²) in [7, 11) is 0. The van der Waals surface area contributed by atoms with Crippen LogP contribution in [0.2, 0.25) is 0 Å². The van der Waals surface area contributed by atoms with E-state index in [9.17, 15) is 9.18 Å². The first-order valence-corrected chi connectivity index (χ1v) is 5.22. The van der Waals surface area contributed by atoms with Gasteiger partial charge in [-0.2, -0.15) is 0 Å². The average molecular weight is 224 g/mol. The molecule has 86 valence electrons. The van der Waals surface area contributed by atoms with Gasteiger partial charge in [-0.05, 0) is 18.6 Å². The minimum absolute atomic E-state index is 0.0978. The fourth-order valence-electron chi connectivity index (χ4n) is 1.83. The Bertz CT molecular complexity index is 380. The molecule has 4 nitrogen and oxygen atoms in total. The Balaban J connectivity index is 2.05. The minimum Gasteiger partial charge on any atom is -0.396 e. The number of carbonyl (C=O) groups is 1. The van der Waals surface area contributed by atoms with Crippen LogP contribution in [0.15, 0.2) is 18.3 Å². The number of hydrogen-bond donors (Lipinski definition) is 1. The van der Waals surface area contributed by atoms with Gasteiger partial charge >= 0.3 is 0 Å². The Hall–Kier alpha value is -1.49. The van der Waals surface area contributed by atoms with E-state index in [1.165, 1.54) is 12.1 Å². The number of amides is 1. The predicted octanol–water partition coefficient (Wildman–Crippen LogP) is 0.675. The summed E-state index contributed by atoms with van der Waals surface area (Å²) in [5.41, 5.74) is 0.250. The number of halogens is 1. The Labute approximate surface area is 92.7 Å². The second-order valence-electron chi connectivity index (χ2n) is 3.95. The highest BCUT2D eigenvalue weighted by Gasteiger charge is 2.26. The van der Waals surface area contributed by atoms with Crippen LogP contribution in [0, 0.1) is 11.7 Å². The highest BCUT2D eigenvalue weighted by molar-refractivity contribution is 5.92. The van der Waals surface area contributed by atoms with E-state index in [4.69, 9.17) is 5.11 Å². The summed E-state index contributed by atoms with van der Waals surface area (Å²) in [5, 5.41) is 8.97. The molecule has 1 atom stereocenters. The zero-order valence-electron chi connectivity index (χ0n) is 8.77. The molecule has 1 saturated heterocycles. The highest BCUT2D eigenvalue weighted by Crippen LogP contribution is 2.17. The van der Waals surface area contributed by atoms with Crippen molar-refractivity contribution in [2.24, 2.45) is 5.92 Å². The molecule has 2 heterocycles. The van der Waals surface area contributed by atoms with Crippen molar-refractivity contribution >= 4 is 5.91 Å².